The van der Waals surface area contributed by atoms with E-state index in [1.807, 2.05) is 65.7 Å². The van der Waals surface area contributed by atoms with Crippen molar-refractivity contribution in [2.45, 2.75) is 33.1 Å². The maximum Gasteiger partial charge on any atom is 0.257 e. The lowest BCUT2D eigenvalue weighted by Crippen LogP contribution is -2.35. The van der Waals surface area contributed by atoms with Crippen LogP contribution >= 0.6 is 0 Å². The zero-order valence-electron chi connectivity index (χ0n) is 17.8. The molecule has 0 unspecified atom stereocenters. The number of amides is 1. The summed E-state index contributed by atoms with van der Waals surface area (Å²) in [5.41, 5.74) is 3.22. The van der Waals surface area contributed by atoms with E-state index in [9.17, 15) is 4.79 Å². The van der Waals surface area contributed by atoms with Gasteiger partial charge < -0.3 is 9.64 Å². The summed E-state index contributed by atoms with van der Waals surface area (Å²) in [5, 5.41) is 4.80. The van der Waals surface area contributed by atoms with Gasteiger partial charge in [0, 0.05) is 24.8 Å². The topological polar surface area (TPSA) is 47.4 Å². The standard InChI is InChI=1S/C25H29N3O2/c1-19(2)18-30-22-13-11-20(12-14-22)24-23(25(29)27-15-7-4-8-16-27)17-28(26-24)21-9-5-3-6-10-21/h3,5-6,9-14,17,19H,4,7-8,15-16,18H2,1-2H3. The summed E-state index contributed by atoms with van der Waals surface area (Å²) in [7, 11) is 0. The second-order valence-corrected chi connectivity index (χ2v) is 8.25. The molecule has 0 N–H and O–H groups in total. The van der Waals surface area contributed by atoms with Crippen LogP contribution in [0, 0.1) is 5.92 Å². The molecule has 1 fully saturated rings. The van der Waals surface area contributed by atoms with Gasteiger partial charge in [-0.25, -0.2) is 4.68 Å². The molecule has 30 heavy (non-hydrogen) atoms. The number of para-hydroxylation sites is 1. The van der Waals surface area contributed by atoms with Crippen molar-refractivity contribution in [3.8, 4) is 22.7 Å². The monoisotopic (exact) mass is 403 g/mol. The highest BCUT2D eigenvalue weighted by atomic mass is 16.5. The largest absolute Gasteiger partial charge is 0.493 e. The number of hydrogen-bond acceptors (Lipinski definition) is 3. The van der Waals surface area contributed by atoms with Gasteiger partial charge in [-0.3, -0.25) is 4.79 Å². The van der Waals surface area contributed by atoms with E-state index in [1.54, 1.807) is 4.68 Å². The van der Waals surface area contributed by atoms with E-state index in [1.165, 1.54) is 6.42 Å². The quantitative estimate of drug-likeness (QED) is 0.568. The minimum atomic E-state index is 0.0621. The Morgan fingerprint density at radius 2 is 1.70 bits per heavy atom. The molecule has 0 bridgehead atoms. The van der Waals surface area contributed by atoms with E-state index < -0.39 is 0 Å². The third kappa shape index (κ3) is 4.56. The van der Waals surface area contributed by atoms with Crippen LogP contribution in [0.2, 0.25) is 0 Å². The van der Waals surface area contributed by atoms with Gasteiger partial charge >= 0.3 is 0 Å². The molecule has 0 saturated carbocycles. The molecule has 1 saturated heterocycles. The van der Waals surface area contributed by atoms with Crippen molar-refractivity contribution in [2.75, 3.05) is 19.7 Å². The molecule has 5 heteroatoms. The highest BCUT2D eigenvalue weighted by molar-refractivity contribution is 6.00. The van der Waals surface area contributed by atoms with E-state index in [2.05, 4.69) is 13.8 Å². The molecule has 1 amide bonds. The Morgan fingerprint density at radius 1 is 1.00 bits per heavy atom. The second kappa shape index (κ2) is 9.16. The second-order valence-electron chi connectivity index (χ2n) is 8.25. The van der Waals surface area contributed by atoms with Gasteiger partial charge in [0.1, 0.15) is 11.4 Å². The first-order chi connectivity index (χ1) is 14.6. The lowest BCUT2D eigenvalue weighted by molar-refractivity contribution is 0.0725. The Morgan fingerprint density at radius 3 is 2.37 bits per heavy atom. The number of piperidine rings is 1. The molecule has 5 nitrogen and oxygen atoms in total. The Hall–Kier alpha value is -3.08. The van der Waals surface area contributed by atoms with Crippen LogP contribution in [0.5, 0.6) is 5.75 Å². The maximum atomic E-state index is 13.3. The number of benzene rings is 2. The molecular formula is C25H29N3O2. The number of carbonyl (C=O) groups is 1. The molecular weight excluding hydrogens is 374 g/mol. The third-order valence-corrected chi connectivity index (χ3v) is 5.32. The number of carbonyl (C=O) groups excluding carboxylic acids is 1. The predicted octanol–water partition coefficient (Wildman–Crippen LogP) is 5.20. The van der Waals surface area contributed by atoms with Crippen LogP contribution in [-0.2, 0) is 0 Å². The van der Waals surface area contributed by atoms with Crippen molar-refractivity contribution in [1.29, 1.82) is 0 Å². The summed E-state index contributed by atoms with van der Waals surface area (Å²) in [6.45, 7) is 6.57. The Kier molecular flexibility index (Phi) is 6.17. The van der Waals surface area contributed by atoms with Crippen LogP contribution in [0.3, 0.4) is 0 Å². The molecule has 1 aliphatic rings. The summed E-state index contributed by atoms with van der Waals surface area (Å²) >= 11 is 0. The van der Waals surface area contributed by atoms with Gasteiger partial charge in [0.25, 0.3) is 5.91 Å². The zero-order valence-corrected chi connectivity index (χ0v) is 17.8. The zero-order chi connectivity index (χ0) is 20.9. The fourth-order valence-electron chi connectivity index (χ4n) is 3.70. The van der Waals surface area contributed by atoms with Crippen LogP contribution in [-0.4, -0.2) is 40.3 Å². The molecule has 0 spiro atoms. The Labute approximate surface area is 178 Å². The van der Waals surface area contributed by atoms with E-state index in [4.69, 9.17) is 9.84 Å². The van der Waals surface area contributed by atoms with E-state index in [0.717, 1.165) is 42.9 Å². The minimum absolute atomic E-state index is 0.0621. The van der Waals surface area contributed by atoms with Gasteiger partial charge in [0.2, 0.25) is 0 Å². The van der Waals surface area contributed by atoms with Crippen LogP contribution in [0.1, 0.15) is 43.5 Å². The van der Waals surface area contributed by atoms with Gasteiger partial charge in [-0.15, -0.1) is 0 Å². The molecule has 0 aliphatic carbocycles. The number of hydrogen-bond donors (Lipinski definition) is 0. The first-order valence-corrected chi connectivity index (χ1v) is 10.8. The highest BCUT2D eigenvalue weighted by Crippen LogP contribution is 2.28. The maximum absolute atomic E-state index is 13.3. The van der Waals surface area contributed by atoms with Crippen LogP contribution in [0.25, 0.3) is 16.9 Å². The number of rotatable bonds is 6. The molecule has 0 atom stereocenters. The van der Waals surface area contributed by atoms with Gasteiger partial charge in [-0.1, -0.05) is 32.0 Å². The molecule has 2 heterocycles. The van der Waals surface area contributed by atoms with Gasteiger partial charge in [0.05, 0.1) is 17.9 Å². The summed E-state index contributed by atoms with van der Waals surface area (Å²) in [6.07, 6.45) is 5.19. The van der Waals surface area contributed by atoms with Crippen molar-refractivity contribution in [1.82, 2.24) is 14.7 Å². The van der Waals surface area contributed by atoms with Crippen molar-refractivity contribution in [3.63, 3.8) is 0 Å². The van der Waals surface area contributed by atoms with Gasteiger partial charge in [-0.05, 0) is 61.6 Å². The SMILES string of the molecule is CC(C)COc1ccc(-c2nn(-c3ccccc3)cc2C(=O)N2CCCCC2)cc1. The predicted molar refractivity (Wildman–Crippen MR) is 119 cm³/mol. The lowest BCUT2D eigenvalue weighted by Gasteiger charge is -2.26. The molecule has 3 aromatic rings. The average Bonchev–Trinajstić information content (AvgIpc) is 3.24. The van der Waals surface area contributed by atoms with E-state index in [0.29, 0.717) is 23.8 Å². The van der Waals surface area contributed by atoms with Gasteiger partial charge in [0.15, 0.2) is 0 Å². The number of aromatic nitrogens is 2. The van der Waals surface area contributed by atoms with Crippen molar-refractivity contribution in [2.24, 2.45) is 5.92 Å². The molecule has 156 valence electrons. The molecule has 4 rings (SSSR count). The van der Waals surface area contributed by atoms with Crippen molar-refractivity contribution >= 4 is 5.91 Å². The Bertz CT molecular complexity index is 971. The normalized spacial score (nSPS) is 14.2. The highest BCUT2D eigenvalue weighted by Gasteiger charge is 2.24. The molecule has 2 aromatic carbocycles. The lowest BCUT2D eigenvalue weighted by atomic mass is 10.1. The summed E-state index contributed by atoms with van der Waals surface area (Å²) in [4.78, 5) is 15.3. The molecule has 0 radical (unpaired) electrons. The summed E-state index contributed by atoms with van der Waals surface area (Å²) in [5.74, 6) is 1.37. The smallest absolute Gasteiger partial charge is 0.257 e. The number of ether oxygens (including phenoxy) is 1. The summed E-state index contributed by atoms with van der Waals surface area (Å²) in [6, 6.07) is 17.8. The van der Waals surface area contributed by atoms with E-state index >= 15 is 0 Å². The van der Waals surface area contributed by atoms with Crippen LogP contribution in [0.4, 0.5) is 0 Å². The first-order valence-electron chi connectivity index (χ1n) is 10.8. The first kappa shape index (κ1) is 20.2. The molecule has 1 aliphatic heterocycles. The fourth-order valence-corrected chi connectivity index (χ4v) is 3.70. The Balaban J connectivity index is 1.68. The van der Waals surface area contributed by atoms with Gasteiger partial charge in [-0.2, -0.15) is 5.10 Å². The van der Waals surface area contributed by atoms with Crippen molar-refractivity contribution < 1.29 is 9.53 Å². The van der Waals surface area contributed by atoms with Crippen molar-refractivity contribution in [3.05, 3.63) is 66.4 Å². The summed E-state index contributed by atoms with van der Waals surface area (Å²) < 4.78 is 7.61. The number of nitrogens with zero attached hydrogens (tertiary/aromatic N) is 3. The fraction of sp³-hybridized carbons (Fsp3) is 0.360. The third-order valence-electron chi connectivity index (χ3n) is 5.32. The number of likely N-dealkylation sites (tertiary alicyclic amines) is 1. The van der Waals surface area contributed by atoms with Crippen LogP contribution < -0.4 is 4.74 Å². The minimum Gasteiger partial charge on any atom is -0.493 e. The average molecular weight is 404 g/mol. The van der Waals surface area contributed by atoms with E-state index in [-0.39, 0.29) is 5.91 Å². The van der Waals surface area contributed by atoms with Crippen LogP contribution in [0.15, 0.2) is 60.8 Å². The molecule has 1 aromatic heterocycles.